The number of thiocarbonyl (C=S) groups is 1. The van der Waals surface area contributed by atoms with E-state index in [1.807, 2.05) is 31.2 Å². The highest BCUT2D eigenvalue weighted by atomic mass is 35.5. The van der Waals surface area contributed by atoms with E-state index in [-0.39, 0.29) is 5.54 Å². The summed E-state index contributed by atoms with van der Waals surface area (Å²) in [5, 5.41) is 12.6. The molecule has 4 fully saturated rings. The number of hydrogen-bond donors (Lipinski definition) is 2. The molecule has 6 rings (SSSR count). The molecule has 1 aromatic heterocycles. The fourth-order valence-corrected chi connectivity index (χ4v) is 6.40. The van der Waals surface area contributed by atoms with Crippen molar-refractivity contribution in [3.63, 3.8) is 0 Å². The van der Waals surface area contributed by atoms with Gasteiger partial charge in [-0.25, -0.2) is 0 Å². The van der Waals surface area contributed by atoms with Crippen LogP contribution < -0.4 is 10.6 Å². The van der Waals surface area contributed by atoms with E-state index in [4.69, 9.17) is 28.9 Å². The third-order valence-electron chi connectivity index (χ3n) is 6.84. The number of hydrogen-bond acceptors (Lipinski definition) is 2. The number of aromatic nitrogens is 2. The normalized spacial score (nSPS) is 31.1. The Balaban J connectivity index is 1.30. The van der Waals surface area contributed by atoms with Gasteiger partial charge in [-0.2, -0.15) is 5.10 Å². The van der Waals surface area contributed by atoms with Gasteiger partial charge in [-0.15, -0.1) is 0 Å². The third kappa shape index (κ3) is 3.15. The number of anilines is 2. The minimum Gasteiger partial charge on any atom is -0.332 e. The van der Waals surface area contributed by atoms with E-state index in [2.05, 4.69) is 21.5 Å². The van der Waals surface area contributed by atoms with Crippen molar-refractivity contribution in [3.05, 3.63) is 41.0 Å². The number of nitrogens with zero attached hydrogens (tertiary/aromatic N) is 2. The van der Waals surface area contributed by atoms with E-state index in [0.29, 0.717) is 5.11 Å². The number of halogens is 1. The molecule has 4 aliphatic carbocycles. The molecular formula is C21H25ClN4S. The van der Waals surface area contributed by atoms with Gasteiger partial charge in [-0.1, -0.05) is 17.7 Å². The van der Waals surface area contributed by atoms with Gasteiger partial charge in [-0.05, 0) is 93.1 Å². The molecule has 1 heterocycles. The number of benzene rings is 1. The molecule has 0 unspecified atom stereocenters. The Morgan fingerprint density at radius 1 is 1.11 bits per heavy atom. The predicted molar refractivity (Wildman–Crippen MR) is 114 cm³/mol. The summed E-state index contributed by atoms with van der Waals surface area (Å²) >= 11 is 11.7. The molecule has 2 N–H and O–H groups in total. The van der Waals surface area contributed by atoms with Crippen molar-refractivity contribution in [3.8, 4) is 0 Å². The molecule has 142 valence electrons. The van der Waals surface area contributed by atoms with E-state index in [9.17, 15) is 0 Å². The lowest BCUT2D eigenvalue weighted by Gasteiger charge is -2.56. The van der Waals surface area contributed by atoms with Gasteiger partial charge in [0.2, 0.25) is 0 Å². The van der Waals surface area contributed by atoms with Crippen molar-refractivity contribution in [2.75, 3.05) is 10.6 Å². The topological polar surface area (TPSA) is 41.9 Å². The molecule has 0 saturated heterocycles. The summed E-state index contributed by atoms with van der Waals surface area (Å²) in [4.78, 5) is 0. The minimum atomic E-state index is 0.243. The summed E-state index contributed by atoms with van der Waals surface area (Å²) in [5.74, 6) is 3.53. The van der Waals surface area contributed by atoms with Gasteiger partial charge >= 0.3 is 0 Å². The van der Waals surface area contributed by atoms with Gasteiger partial charge in [-0.3, -0.25) is 4.68 Å². The maximum Gasteiger partial charge on any atom is 0.176 e. The lowest BCUT2D eigenvalue weighted by atomic mass is 9.53. The Morgan fingerprint density at radius 2 is 1.78 bits per heavy atom. The molecule has 0 atom stereocenters. The third-order valence-corrected chi connectivity index (χ3v) is 7.45. The van der Waals surface area contributed by atoms with Crippen LogP contribution in [0.1, 0.15) is 44.1 Å². The zero-order valence-corrected chi connectivity index (χ0v) is 17.1. The molecule has 4 bridgehead atoms. The van der Waals surface area contributed by atoms with Gasteiger partial charge in [0.05, 0.1) is 5.54 Å². The second-order valence-corrected chi connectivity index (χ2v) is 9.59. The van der Waals surface area contributed by atoms with Crippen molar-refractivity contribution in [1.29, 1.82) is 0 Å². The average Bonchev–Trinajstić information content (AvgIpc) is 3.07. The maximum absolute atomic E-state index is 6.19. The Morgan fingerprint density at radius 3 is 2.44 bits per heavy atom. The molecule has 1 aromatic carbocycles. The maximum atomic E-state index is 6.19. The standard InChI is InChI=1S/C21H25ClN4S/c1-13-17(22)3-2-4-18(13)23-20(27)24-19-5-6-26(25-19)21-10-14-7-15(11-21)9-16(8-14)12-21/h2-6,14-16H,7-12H2,1H3,(H2,23,24,25,27). The summed E-state index contributed by atoms with van der Waals surface area (Å²) in [6.07, 6.45) is 10.4. The predicted octanol–water partition coefficient (Wildman–Crippen LogP) is 5.58. The highest BCUT2D eigenvalue weighted by molar-refractivity contribution is 7.80. The zero-order chi connectivity index (χ0) is 18.6. The van der Waals surface area contributed by atoms with Crippen molar-refractivity contribution in [2.24, 2.45) is 17.8 Å². The van der Waals surface area contributed by atoms with Crippen LogP contribution in [-0.2, 0) is 5.54 Å². The Kier molecular flexibility index (Phi) is 4.21. The van der Waals surface area contributed by atoms with Crippen molar-refractivity contribution < 1.29 is 0 Å². The van der Waals surface area contributed by atoms with E-state index in [1.165, 1.54) is 38.5 Å². The number of nitrogens with one attached hydrogen (secondary N) is 2. The Hall–Kier alpha value is -1.59. The Bertz CT molecular complexity index is 855. The summed E-state index contributed by atoms with van der Waals surface area (Å²) in [5.41, 5.74) is 2.15. The average molecular weight is 401 g/mol. The smallest absolute Gasteiger partial charge is 0.176 e. The molecule has 27 heavy (non-hydrogen) atoms. The van der Waals surface area contributed by atoms with Crippen molar-refractivity contribution >= 4 is 40.4 Å². The van der Waals surface area contributed by atoms with Crippen LogP contribution in [0, 0.1) is 24.7 Å². The lowest BCUT2D eigenvalue weighted by molar-refractivity contribution is -0.0492. The van der Waals surface area contributed by atoms with Crippen LogP contribution in [0.25, 0.3) is 0 Å². The van der Waals surface area contributed by atoms with Crippen LogP contribution >= 0.6 is 23.8 Å². The van der Waals surface area contributed by atoms with E-state index < -0.39 is 0 Å². The van der Waals surface area contributed by atoms with E-state index >= 15 is 0 Å². The fourth-order valence-electron chi connectivity index (χ4n) is 6.01. The van der Waals surface area contributed by atoms with Gasteiger partial charge in [0.15, 0.2) is 10.9 Å². The van der Waals surface area contributed by atoms with Crippen molar-refractivity contribution in [1.82, 2.24) is 9.78 Å². The van der Waals surface area contributed by atoms with Gasteiger partial charge in [0.1, 0.15) is 0 Å². The zero-order valence-electron chi connectivity index (χ0n) is 15.5. The first-order valence-corrected chi connectivity index (χ1v) is 10.7. The minimum absolute atomic E-state index is 0.243. The Labute approximate surface area is 170 Å². The summed E-state index contributed by atoms with van der Waals surface area (Å²) in [6, 6.07) is 7.81. The fraction of sp³-hybridized carbons (Fsp3) is 0.524. The van der Waals surface area contributed by atoms with Gasteiger partial charge in [0, 0.05) is 23.0 Å². The van der Waals surface area contributed by atoms with Gasteiger partial charge in [0.25, 0.3) is 0 Å². The highest BCUT2D eigenvalue weighted by Crippen LogP contribution is 2.58. The van der Waals surface area contributed by atoms with Gasteiger partial charge < -0.3 is 10.6 Å². The molecule has 4 nitrogen and oxygen atoms in total. The molecular weight excluding hydrogens is 376 g/mol. The van der Waals surface area contributed by atoms with Crippen LogP contribution in [0.5, 0.6) is 0 Å². The van der Waals surface area contributed by atoms with E-state index in [1.54, 1.807) is 0 Å². The molecule has 0 aliphatic heterocycles. The molecule has 0 radical (unpaired) electrons. The lowest BCUT2D eigenvalue weighted by Crippen LogP contribution is -2.52. The molecule has 4 aliphatic rings. The largest absolute Gasteiger partial charge is 0.332 e. The summed E-state index contributed by atoms with van der Waals surface area (Å²) in [7, 11) is 0. The van der Waals surface area contributed by atoms with Crippen LogP contribution in [0.4, 0.5) is 11.5 Å². The molecule has 4 saturated carbocycles. The van der Waals surface area contributed by atoms with Crippen molar-refractivity contribution in [2.45, 2.75) is 51.0 Å². The summed E-state index contributed by atoms with van der Waals surface area (Å²) in [6.45, 7) is 1.98. The van der Waals surface area contributed by atoms with Crippen LogP contribution in [0.3, 0.4) is 0 Å². The second kappa shape index (κ2) is 6.49. The first-order chi connectivity index (χ1) is 13.0. The second-order valence-electron chi connectivity index (χ2n) is 8.78. The van der Waals surface area contributed by atoms with Crippen LogP contribution in [0.2, 0.25) is 5.02 Å². The number of rotatable bonds is 3. The quantitative estimate of drug-likeness (QED) is 0.660. The summed E-state index contributed by atoms with van der Waals surface area (Å²) < 4.78 is 2.24. The van der Waals surface area contributed by atoms with Crippen LogP contribution in [0.15, 0.2) is 30.5 Å². The SMILES string of the molecule is Cc1c(Cl)cccc1NC(=S)Nc1ccn(C23CC4CC(CC(C4)C2)C3)n1. The first kappa shape index (κ1) is 17.5. The van der Waals surface area contributed by atoms with E-state index in [0.717, 1.165) is 39.8 Å². The monoisotopic (exact) mass is 400 g/mol. The molecule has 0 amide bonds. The molecule has 2 aromatic rings. The first-order valence-electron chi connectivity index (χ1n) is 9.90. The highest BCUT2D eigenvalue weighted by Gasteiger charge is 2.52. The molecule has 0 spiro atoms. The molecule has 6 heteroatoms. The van der Waals surface area contributed by atoms with Crippen LogP contribution in [-0.4, -0.2) is 14.9 Å².